The Morgan fingerprint density at radius 2 is 1.27 bits per heavy atom. The van der Waals surface area contributed by atoms with Gasteiger partial charge in [-0.3, -0.25) is 10.2 Å². The molecule has 7 heteroatoms. The summed E-state index contributed by atoms with van der Waals surface area (Å²) in [5, 5.41) is 8.24. The van der Waals surface area contributed by atoms with Crippen LogP contribution in [-0.4, -0.2) is 17.3 Å². The average molecular weight is 406 g/mol. The molecule has 5 nitrogen and oxygen atoms in total. The zero-order valence-corrected chi connectivity index (χ0v) is 16.5. The Bertz CT molecular complexity index is 1110. The van der Waals surface area contributed by atoms with E-state index in [1.165, 1.54) is 24.3 Å². The van der Waals surface area contributed by atoms with E-state index in [9.17, 15) is 13.6 Å². The molecule has 0 bridgehead atoms. The van der Waals surface area contributed by atoms with Crippen molar-refractivity contribution in [2.45, 2.75) is 13.8 Å². The Balaban J connectivity index is 1.61. The van der Waals surface area contributed by atoms with E-state index in [-0.39, 0.29) is 11.6 Å². The van der Waals surface area contributed by atoms with E-state index in [1.54, 1.807) is 62.4 Å². The SMILES string of the molecule is C/C(=N\NC(=O)c1ccc(N/N=C(\C)c2cccc(F)c2)cc1)c1cccc(F)c1. The number of benzene rings is 3. The molecule has 0 fully saturated rings. The molecular formula is C23H20F2N4O. The van der Waals surface area contributed by atoms with Gasteiger partial charge in [-0.05, 0) is 62.4 Å². The third-order valence-electron chi connectivity index (χ3n) is 4.31. The number of rotatable bonds is 6. The van der Waals surface area contributed by atoms with Gasteiger partial charge in [0.1, 0.15) is 11.6 Å². The van der Waals surface area contributed by atoms with Crippen molar-refractivity contribution in [2.75, 3.05) is 5.43 Å². The van der Waals surface area contributed by atoms with Gasteiger partial charge in [0.2, 0.25) is 0 Å². The van der Waals surface area contributed by atoms with Gasteiger partial charge >= 0.3 is 0 Å². The summed E-state index contributed by atoms with van der Waals surface area (Å²) in [4.78, 5) is 12.3. The van der Waals surface area contributed by atoms with Gasteiger partial charge in [-0.15, -0.1) is 0 Å². The number of hydrazone groups is 2. The Morgan fingerprint density at radius 1 is 0.733 bits per heavy atom. The highest BCUT2D eigenvalue weighted by Gasteiger charge is 2.06. The summed E-state index contributed by atoms with van der Waals surface area (Å²) in [6.07, 6.45) is 0. The van der Waals surface area contributed by atoms with Crippen LogP contribution in [0.2, 0.25) is 0 Å². The fourth-order valence-electron chi connectivity index (χ4n) is 2.60. The second-order valence-electron chi connectivity index (χ2n) is 6.55. The van der Waals surface area contributed by atoms with Crippen molar-refractivity contribution >= 4 is 23.0 Å². The summed E-state index contributed by atoms with van der Waals surface area (Å²) >= 11 is 0. The number of hydrogen-bond acceptors (Lipinski definition) is 4. The van der Waals surface area contributed by atoms with Gasteiger partial charge in [0.15, 0.2) is 0 Å². The molecule has 30 heavy (non-hydrogen) atoms. The van der Waals surface area contributed by atoms with E-state index in [1.807, 2.05) is 0 Å². The standard InChI is InChI=1S/C23H20F2N4O/c1-15(18-5-3-7-20(24)13-18)26-28-22-11-9-17(10-12-22)23(30)29-27-16(2)19-6-4-8-21(25)14-19/h3-14,28H,1-2H3,(H,29,30)/b26-15+,27-16+. The number of carbonyl (C=O) groups is 1. The van der Waals surface area contributed by atoms with E-state index >= 15 is 0 Å². The van der Waals surface area contributed by atoms with Crippen LogP contribution in [0.3, 0.4) is 0 Å². The lowest BCUT2D eigenvalue weighted by molar-refractivity contribution is 0.0955. The molecule has 0 aromatic heterocycles. The van der Waals surface area contributed by atoms with Gasteiger partial charge in [0, 0.05) is 16.7 Å². The number of halogens is 2. The molecule has 0 spiro atoms. The first-order chi connectivity index (χ1) is 14.4. The van der Waals surface area contributed by atoms with Gasteiger partial charge in [-0.2, -0.15) is 10.2 Å². The average Bonchev–Trinajstić information content (AvgIpc) is 2.76. The maximum Gasteiger partial charge on any atom is 0.271 e. The van der Waals surface area contributed by atoms with Gasteiger partial charge in [-0.1, -0.05) is 24.3 Å². The molecule has 0 radical (unpaired) electrons. The van der Waals surface area contributed by atoms with Crippen molar-refractivity contribution in [1.29, 1.82) is 0 Å². The molecule has 0 unspecified atom stereocenters. The van der Waals surface area contributed by atoms with Gasteiger partial charge < -0.3 is 0 Å². The fourth-order valence-corrected chi connectivity index (χ4v) is 2.60. The van der Waals surface area contributed by atoms with E-state index in [0.29, 0.717) is 33.8 Å². The maximum absolute atomic E-state index is 13.3. The van der Waals surface area contributed by atoms with Crippen molar-refractivity contribution in [1.82, 2.24) is 5.43 Å². The molecule has 1 amide bonds. The van der Waals surface area contributed by atoms with Crippen molar-refractivity contribution in [3.05, 3.63) is 101 Å². The van der Waals surface area contributed by atoms with Crippen molar-refractivity contribution in [2.24, 2.45) is 10.2 Å². The summed E-state index contributed by atoms with van der Waals surface area (Å²) in [6.45, 7) is 3.45. The van der Waals surface area contributed by atoms with Gasteiger partial charge in [-0.25, -0.2) is 14.2 Å². The normalized spacial score (nSPS) is 11.9. The highest BCUT2D eigenvalue weighted by Crippen LogP contribution is 2.11. The van der Waals surface area contributed by atoms with E-state index in [2.05, 4.69) is 21.1 Å². The Labute approximate surface area is 173 Å². The van der Waals surface area contributed by atoms with Crippen LogP contribution in [0.4, 0.5) is 14.5 Å². The van der Waals surface area contributed by atoms with Crippen molar-refractivity contribution < 1.29 is 13.6 Å². The maximum atomic E-state index is 13.3. The van der Waals surface area contributed by atoms with Crippen LogP contribution in [0.25, 0.3) is 0 Å². The highest BCUT2D eigenvalue weighted by atomic mass is 19.1. The molecule has 3 rings (SSSR count). The smallest absolute Gasteiger partial charge is 0.271 e. The monoisotopic (exact) mass is 406 g/mol. The number of anilines is 1. The number of nitrogens with one attached hydrogen (secondary N) is 2. The Morgan fingerprint density at radius 3 is 1.80 bits per heavy atom. The highest BCUT2D eigenvalue weighted by molar-refractivity contribution is 6.01. The van der Waals surface area contributed by atoms with E-state index in [0.717, 1.165) is 0 Å². The van der Waals surface area contributed by atoms with Crippen LogP contribution >= 0.6 is 0 Å². The lowest BCUT2D eigenvalue weighted by Gasteiger charge is -2.06. The number of hydrogen-bond donors (Lipinski definition) is 2. The quantitative estimate of drug-likeness (QED) is 0.449. The van der Waals surface area contributed by atoms with Crippen LogP contribution < -0.4 is 10.9 Å². The minimum absolute atomic E-state index is 0.326. The van der Waals surface area contributed by atoms with Crippen LogP contribution in [0.5, 0.6) is 0 Å². The zero-order chi connectivity index (χ0) is 21.5. The zero-order valence-electron chi connectivity index (χ0n) is 16.5. The van der Waals surface area contributed by atoms with Gasteiger partial charge in [0.05, 0.1) is 17.1 Å². The molecule has 0 aliphatic heterocycles. The number of amides is 1. The molecule has 0 aliphatic rings. The predicted molar refractivity (Wildman–Crippen MR) is 115 cm³/mol. The van der Waals surface area contributed by atoms with Gasteiger partial charge in [0.25, 0.3) is 5.91 Å². The van der Waals surface area contributed by atoms with Crippen molar-refractivity contribution in [3.63, 3.8) is 0 Å². The van der Waals surface area contributed by atoms with Crippen molar-refractivity contribution in [3.8, 4) is 0 Å². The summed E-state index contributed by atoms with van der Waals surface area (Å²) in [6, 6.07) is 18.8. The molecule has 3 aromatic carbocycles. The Hall–Kier alpha value is -3.87. The molecule has 3 aromatic rings. The summed E-state index contributed by atoms with van der Waals surface area (Å²) in [7, 11) is 0. The second kappa shape index (κ2) is 9.56. The number of carbonyl (C=O) groups excluding carboxylic acids is 1. The molecule has 0 heterocycles. The summed E-state index contributed by atoms with van der Waals surface area (Å²) in [5.41, 5.74) is 8.77. The molecule has 0 saturated heterocycles. The van der Waals surface area contributed by atoms with Crippen LogP contribution in [0.1, 0.15) is 35.3 Å². The lowest BCUT2D eigenvalue weighted by Crippen LogP contribution is -2.19. The second-order valence-corrected chi connectivity index (χ2v) is 6.55. The summed E-state index contributed by atoms with van der Waals surface area (Å²) in [5.74, 6) is -1.09. The first kappa shape index (κ1) is 20.9. The first-order valence-corrected chi connectivity index (χ1v) is 9.19. The summed E-state index contributed by atoms with van der Waals surface area (Å²) < 4.78 is 26.6. The fraction of sp³-hybridized carbons (Fsp3) is 0.0870. The largest absolute Gasteiger partial charge is 0.278 e. The molecular weight excluding hydrogens is 386 g/mol. The molecule has 0 aliphatic carbocycles. The van der Waals surface area contributed by atoms with Crippen LogP contribution in [-0.2, 0) is 0 Å². The van der Waals surface area contributed by atoms with Crippen LogP contribution in [0.15, 0.2) is 83.0 Å². The first-order valence-electron chi connectivity index (χ1n) is 9.19. The molecule has 2 N–H and O–H groups in total. The topological polar surface area (TPSA) is 65.8 Å². The van der Waals surface area contributed by atoms with E-state index in [4.69, 9.17) is 0 Å². The third-order valence-corrected chi connectivity index (χ3v) is 4.31. The minimum atomic E-state index is -0.392. The minimum Gasteiger partial charge on any atom is -0.278 e. The molecule has 0 saturated carbocycles. The molecule has 152 valence electrons. The Kier molecular flexibility index (Phi) is 6.64. The lowest BCUT2D eigenvalue weighted by atomic mass is 10.1. The molecule has 0 atom stereocenters. The predicted octanol–water partition coefficient (Wildman–Crippen LogP) is 4.95. The third kappa shape index (κ3) is 5.57. The van der Waals surface area contributed by atoms with Crippen LogP contribution in [0, 0.1) is 11.6 Å². The van der Waals surface area contributed by atoms with E-state index < -0.39 is 5.91 Å². The number of nitrogens with zero attached hydrogens (tertiary/aromatic N) is 2.